The lowest BCUT2D eigenvalue weighted by Gasteiger charge is -2.16. The topological polar surface area (TPSA) is 56.1 Å². The minimum Gasteiger partial charge on any atom is -0.347 e. The van der Waals surface area contributed by atoms with Crippen molar-refractivity contribution in [1.29, 1.82) is 5.26 Å². The lowest BCUT2D eigenvalue weighted by Crippen LogP contribution is -2.19. The maximum atomic E-state index is 8.46. The average molecular weight is 233 g/mol. The number of nitrogens with zero attached hydrogens (tertiary/aromatic N) is 5. The van der Waals surface area contributed by atoms with Crippen LogP contribution in [-0.4, -0.2) is 42.6 Å². The van der Waals surface area contributed by atoms with E-state index in [0.717, 1.165) is 31.0 Å². The number of hydrogen-bond donors (Lipinski definition) is 0. The average Bonchev–Trinajstić information content (AvgIpc) is 2.30. The predicted molar refractivity (Wildman–Crippen MR) is 67.5 cm³/mol. The standard InChI is InChI=1S/C12H19N5/c1-16(2)12-14-8-11(9-15-12)10-17(3)7-5-4-6-13/h8-9H,4-5,7,10H2,1-3H3. The normalized spacial score (nSPS) is 10.3. The van der Waals surface area contributed by atoms with E-state index in [2.05, 4.69) is 20.9 Å². The van der Waals surface area contributed by atoms with Gasteiger partial charge in [0.15, 0.2) is 0 Å². The predicted octanol–water partition coefficient (Wildman–Crippen LogP) is 1.28. The molecule has 1 rings (SSSR count). The van der Waals surface area contributed by atoms with Crippen LogP contribution >= 0.6 is 0 Å². The van der Waals surface area contributed by atoms with Crippen molar-refractivity contribution >= 4 is 5.95 Å². The van der Waals surface area contributed by atoms with Gasteiger partial charge in [0.05, 0.1) is 6.07 Å². The van der Waals surface area contributed by atoms with E-state index < -0.39 is 0 Å². The molecule has 0 aromatic carbocycles. The summed E-state index contributed by atoms with van der Waals surface area (Å²) in [6.07, 6.45) is 5.22. The maximum absolute atomic E-state index is 8.46. The highest BCUT2D eigenvalue weighted by Gasteiger charge is 2.02. The van der Waals surface area contributed by atoms with E-state index >= 15 is 0 Å². The first-order chi connectivity index (χ1) is 8.13. The Labute approximate surface area is 103 Å². The van der Waals surface area contributed by atoms with Gasteiger partial charge in [-0.3, -0.25) is 0 Å². The SMILES string of the molecule is CN(CCCC#N)Cc1cnc(N(C)C)nc1. The summed E-state index contributed by atoms with van der Waals surface area (Å²) in [5.74, 6) is 0.723. The Bertz CT molecular complexity index is 365. The van der Waals surface area contributed by atoms with Crippen molar-refractivity contribution in [3.8, 4) is 6.07 Å². The molecule has 1 heterocycles. The molecule has 0 fully saturated rings. The van der Waals surface area contributed by atoms with Crippen molar-refractivity contribution in [3.63, 3.8) is 0 Å². The van der Waals surface area contributed by atoms with Crippen LogP contribution in [0.5, 0.6) is 0 Å². The van der Waals surface area contributed by atoms with Crippen LogP contribution in [0.25, 0.3) is 0 Å². The number of nitriles is 1. The van der Waals surface area contributed by atoms with Gasteiger partial charge >= 0.3 is 0 Å². The van der Waals surface area contributed by atoms with Gasteiger partial charge in [0.2, 0.25) is 5.95 Å². The van der Waals surface area contributed by atoms with Crippen LogP contribution in [0, 0.1) is 11.3 Å². The van der Waals surface area contributed by atoms with Crippen LogP contribution in [-0.2, 0) is 6.54 Å². The first kappa shape index (κ1) is 13.4. The van der Waals surface area contributed by atoms with Crippen molar-refractivity contribution in [2.45, 2.75) is 19.4 Å². The molecule has 0 amide bonds. The van der Waals surface area contributed by atoms with E-state index in [9.17, 15) is 0 Å². The minimum absolute atomic E-state index is 0.612. The van der Waals surface area contributed by atoms with E-state index in [1.54, 1.807) is 0 Å². The van der Waals surface area contributed by atoms with E-state index in [1.165, 1.54) is 0 Å². The zero-order valence-corrected chi connectivity index (χ0v) is 10.7. The lowest BCUT2D eigenvalue weighted by atomic mass is 10.3. The Morgan fingerprint density at radius 1 is 1.24 bits per heavy atom. The van der Waals surface area contributed by atoms with Crippen LogP contribution in [0.15, 0.2) is 12.4 Å². The fraction of sp³-hybridized carbons (Fsp3) is 0.583. The molecule has 5 heteroatoms. The Morgan fingerprint density at radius 2 is 1.88 bits per heavy atom. The van der Waals surface area contributed by atoms with E-state index in [4.69, 9.17) is 5.26 Å². The molecular formula is C12H19N5. The summed E-state index contributed by atoms with van der Waals surface area (Å²) in [5, 5.41) is 8.46. The number of unbranched alkanes of at least 4 members (excludes halogenated alkanes) is 1. The largest absolute Gasteiger partial charge is 0.347 e. The second-order valence-electron chi connectivity index (χ2n) is 4.29. The highest BCUT2D eigenvalue weighted by atomic mass is 15.2. The molecule has 0 atom stereocenters. The van der Waals surface area contributed by atoms with Gasteiger partial charge < -0.3 is 9.80 Å². The van der Waals surface area contributed by atoms with Crippen molar-refractivity contribution in [2.75, 3.05) is 32.6 Å². The third-order valence-electron chi connectivity index (χ3n) is 2.37. The van der Waals surface area contributed by atoms with Gasteiger partial charge in [0, 0.05) is 45.0 Å². The van der Waals surface area contributed by atoms with Gasteiger partial charge in [-0.25, -0.2) is 9.97 Å². The smallest absolute Gasteiger partial charge is 0.224 e. The van der Waals surface area contributed by atoms with Gasteiger partial charge in [-0.1, -0.05) is 0 Å². The van der Waals surface area contributed by atoms with Gasteiger partial charge in [-0.15, -0.1) is 0 Å². The first-order valence-electron chi connectivity index (χ1n) is 5.67. The maximum Gasteiger partial charge on any atom is 0.224 e. The summed E-state index contributed by atoms with van der Waals surface area (Å²) in [7, 11) is 5.88. The van der Waals surface area contributed by atoms with E-state index in [-0.39, 0.29) is 0 Å². The monoisotopic (exact) mass is 233 g/mol. The Hall–Kier alpha value is -1.67. The van der Waals surface area contributed by atoms with Crippen LogP contribution in [0.2, 0.25) is 0 Å². The molecule has 0 aliphatic heterocycles. The fourth-order valence-corrected chi connectivity index (χ4v) is 1.48. The highest BCUT2D eigenvalue weighted by molar-refractivity contribution is 5.26. The van der Waals surface area contributed by atoms with Gasteiger partial charge in [-0.05, 0) is 20.0 Å². The van der Waals surface area contributed by atoms with Crippen LogP contribution < -0.4 is 4.90 Å². The highest BCUT2D eigenvalue weighted by Crippen LogP contribution is 2.05. The molecule has 0 saturated heterocycles. The molecule has 5 nitrogen and oxygen atoms in total. The molecule has 17 heavy (non-hydrogen) atoms. The molecule has 0 unspecified atom stereocenters. The molecule has 1 aromatic rings. The summed E-state index contributed by atoms with van der Waals surface area (Å²) in [6.45, 7) is 1.74. The van der Waals surface area contributed by atoms with Gasteiger partial charge in [-0.2, -0.15) is 5.26 Å². The number of anilines is 1. The van der Waals surface area contributed by atoms with Crippen molar-refractivity contribution in [2.24, 2.45) is 0 Å². The van der Waals surface area contributed by atoms with Crippen molar-refractivity contribution in [1.82, 2.24) is 14.9 Å². The molecule has 0 radical (unpaired) electrons. The lowest BCUT2D eigenvalue weighted by molar-refractivity contribution is 0.323. The molecule has 0 aliphatic rings. The van der Waals surface area contributed by atoms with Crippen molar-refractivity contribution in [3.05, 3.63) is 18.0 Å². The Kier molecular flexibility index (Phi) is 5.37. The molecule has 1 aromatic heterocycles. The number of rotatable bonds is 6. The second-order valence-corrected chi connectivity index (χ2v) is 4.29. The number of hydrogen-bond acceptors (Lipinski definition) is 5. The minimum atomic E-state index is 0.612. The molecule has 0 bridgehead atoms. The molecule has 92 valence electrons. The quantitative estimate of drug-likeness (QED) is 0.693. The Morgan fingerprint density at radius 3 is 2.41 bits per heavy atom. The molecule has 0 aliphatic carbocycles. The van der Waals surface area contributed by atoms with Gasteiger partial charge in [0.1, 0.15) is 0 Å². The summed E-state index contributed by atoms with van der Waals surface area (Å²) < 4.78 is 0. The van der Waals surface area contributed by atoms with Crippen LogP contribution in [0.3, 0.4) is 0 Å². The van der Waals surface area contributed by atoms with Crippen LogP contribution in [0.4, 0.5) is 5.95 Å². The molecule has 0 saturated carbocycles. The molecule has 0 N–H and O–H groups in total. The molecular weight excluding hydrogens is 214 g/mol. The summed E-state index contributed by atoms with van der Waals surface area (Å²) in [4.78, 5) is 12.6. The van der Waals surface area contributed by atoms with Gasteiger partial charge in [0.25, 0.3) is 0 Å². The summed E-state index contributed by atoms with van der Waals surface area (Å²) >= 11 is 0. The second kappa shape index (κ2) is 6.81. The van der Waals surface area contributed by atoms with Crippen molar-refractivity contribution < 1.29 is 0 Å². The third-order valence-corrected chi connectivity index (χ3v) is 2.37. The Balaban J connectivity index is 2.43. The fourth-order valence-electron chi connectivity index (χ4n) is 1.48. The summed E-state index contributed by atoms with van der Waals surface area (Å²) in [5.41, 5.74) is 1.09. The van der Waals surface area contributed by atoms with Crippen LogP contribution in [0.1, 0.15) is 18.4 Å². The zero-order chi connectivity index (χ0) is 12.7. The van der Waals surface area contributed by atoms with E-state index in [1.807, 2.05) is 38.4 Å². The number of aromatic nitrogens is 2. The van der Waals surface area contributed by atoms with E-state index in [0.29, 0.717) is 6.42 Å². The summed E-state index contributed by atoms with van der Waals surface area (Å²) in [6, 6.07) is 2.15. The first-order valence-corrected chi connectivity index (χ1v) is 5.67. The third kappa shape index (κ3) is 4.79. The molecule has 0 spiro atoms. The zero-order valence-electron chi connectivity index (χ0n) is 10.7.